The van der Waals surface area contributed by atoms with Crippen molar-refractivity contribution in [3.63, 3.8) is 0 Å². The zero-order valence-corrected chi connectivity index (χ0v) is 12.4. The lowest BCUT2D eigenvalue weighted by molar-refractivity contribution is 0.252. The van der Waals surface area contributed by atoms with E-state index in [0.717, 1.165) is 24.5 Å². The fraction of sp³-hybridized carbons (Fsp3) is 0.588. The maximum atomic E-state index is 4.51. The molecule has 20 heavy (non-hydrogen) atoms. The highest BCUT2D eigenvalue weighted by atomic mass is 15.1. The molecule has 0 radical (unpaired) electrons. The largest absolute Gasteiger partial charge is 0.329 e. The summed E-state index contributed by atoms with van der Waals surface area (Å²) < 4.78 is 2.32. The van der Waals surface area contributed by atoms with Crippen LogP contribution in [-0.4, -0.2) is 22.1 Å². The van der Waals surface area contributed by atoms with Crippen LogP contribution in [0, 0.1) is 5.92 Å². The van der Waals surface area contributed by atoms with Gasteiger partial charge in [0, 0.05) is 12.6 Å². The Balaban J connectivity index is 1.78. The minimum atomic E-state index is 0.581. The molecule has 1 aromatic carbocycles. The van der Waals surface area contributed by atoms with E-state index >= 15 is 0 Å². The van der Waals surface area contributed by atoms with Crippen molar-refractivity contribution in [2.45, 2.75) is 51.6 Å². The maximum Gasteiger partial charge on any atom is 0.0958 e. The van der Waals surface area contributed by atoms with Gasteiger partial charge < -0.3 is 9.88 Å². The molecule has 3 heteroatoms. The average molecular weight is 271 g/mol. The van der Waals surface area contributed by atoms with Gasteiger partial charge in [0.05, 0.1) is 17.4 Å². The van der Waals surface area contributed by atoms with Crippen LogP contribution < -0.4 is 5.32 Å². The highest BCUT2D eigenvalue weighted by molar-refractivity contribution is 5.74. The van der Waals surface area contributed by atoms with Gasteiger partial charge in [0.15, 0.2) is 0 Å². The summed E-state index contributed by atoms with van der Waals surface area (Å²) in [5.41, 5.74) is 2.36. The summed E-state index contributed by atoms with van der Waals surface area (Å²) in [5.74, 6) is 0.824. The van der Waals surface area contributed by atoms with Crippen LogP contribution in [0.5, 0.6) is 0 Å². The maximum absolute atomic E-state index is 4.51. The zero-order valence-electron chi connectivity index (χ0n) is 12.4. The Hall–Kier alpha value is -1.35. The number of fused-ring (bicyclic) bond motifs is 1. The number of hydrogen-bond acceptors (Lipinski definition) is 2. The lowest BCUT2D eigenvalue weighted by Crippen LogP contribution is -2.40. The van der Waals surface area contributed by atoms with Crippen LogP contribution in [0.3, 0.4) is 0 Å². The number of rotatable bonds is 5. The number of benzene rings is 1. The number of nitrogens with one attached hydrogen (secondary N) is 1. The fourth-order valence-electron chi connectivity index (χ4n) is 3.55. The molecule has 0 bridgehead atoms. The van der Waals surface area contributed by atoms with Crippen molar-refractivity contribution < 1.29 is 0 Å². The summed E-state index contributed by atoms with van der Waals surface area (Å²) in [5, 5.41) is 3.71. The van der Waals surface area contributed by atoms with E-state index in [-0.39, 0.29) is 0 Å². The molecular formula is C17H25N3. The van der Waals surface area contributed by atoms with Gasteiger partial charge in [-0.2, -0.15) is 0 Å². The second-order valence-corrected chi connectivity index (χ2v) is 5.95. The lowest BCUT2D eigenvalue weighted by Gasteiger charge is -2.31. The number of aromatic nitrogens is 2. The van der Waals surface area contributed by atoms with E-state index in [1.807, 2.05) is 6.33 Å². The highest BCUT2D eigenvalue weighted by Crippen LogP contribution is 2.27. The Labute approximate surface area is 121 Å². The van der Waals surface area contributed by atoms with Crippen LogP contribution in [0.2, 0.25) is 0 Å². The van der Waals surface area contributed by atoms with Crippen LogP contribution in [0.15, 0.2) is 30.6 Å². The van der Waals surface area contributed by atoms with Crippen molar-refractivity contribution in [2.24, 2.45) is 5.92 Å². The molecular weight excluding hydrogens is 246 g/mol. The molecule has 1 aromatic heterocycles. The predicted molar refractivity (Wildman–Crippen MR) is 83.8 cm³/mol. The molecule has 0 saturated heterocycles. The molecule has 1 aliphatic rings. The third kappa shape index (κ3) is 2.88. The van der Waals surface area contributed by atoms with Gasteiger partial charge in [-0.05, 0) is 37.4 Å². The number of imidazole rings is 1. The molecule has 108 valence electrons. The molecule has 2 aromatic rings. The van der Waals surface area contributed by atoms with Gasteiger partial charge in [-0.1, -0.05) is 38.3 Å². The van der Waals surface area contributed by atoms with Gasteiger partial charge in [0.25, 0.3) is 0 Å². The Morgan fingerprint density at radius 3 is 2.85 bits per heavy atom. The monoisotopic (exact) mass is 271 g/mol. The first-order valence-corrected chi connectivity index (χ1v) is 8.01. The van der Waals surface area contributed by atoms with Crippen LogP contribution in [0.25, 0.3) is 11.0 Å². The van der Waals surface area contributed by atoms with E-state index in [9.17, 15) is 0 Å². The van der Waals surface area contributed by atoms with E-state index in [1.165, 1.54) is 37.6 Å². The molecule has 3 rings (SSSR count). The summed E-state index contributed by atoms with van der Waals surface area (Å²) in [7, 11) is 0. The number of nitrogens with zero attached hydrogens (tertiary/aromatic N) is 2. The highest BCUT2D eigenvalue weighted by Gasteiger charge is 2.23. The van der Waals surface area contributed by atoms with Gasteiger partial charge in [-0.15, -0.1) is 0 Å². The van der Waals surface area contributed by atoms with Crippen molar-refractivity contribution in [2.75, 3.05) is 6.54 Å². The third-order valence-electron chi connectivity index (χ3n) is 4.61. The minimum absolute atomic E-state index is 0.581. The quantitative estimate of drug-likeness (QED) is 0.900. The summed E-state index contributed by atoms with van der Waals surface area (Å²) >= 11 is 0. The zero-order chi connectivity index (χ0) is 13.8. The number of para-hydroxylation sites is 2. The number of hydrogen-bond donors (Lipinski definition) is 1. The Kier molecular flexibility index (Phi) is 4.36. The van der Waals surface area contributed by atoms with Gasteiger partial charge in [-0.3, -0.25) is 0 Å². The molecule has 1 aliphatic carbocycles. The first-order valence-electron chi connectivity index (χ1n) is 8.01. The first-order chi connectivity index (χ1) is 9.88. The normalized spacial score (nSPS) is 18.4. The summed E-state index contributed by atoms with van der Waals surface area (Å²) in [6, 6.07) is 9.00. The van der Waals surface area contributed by atoms with E-state index < -0.39 is 0 Å². The average Bonchev–Trinajstić information content (AvgIpc) is 2.91. The number of likely N-dealkylation sites (N-methyl/N-ethyl adjacent to an activating group) is 1. The van der Waals surface area contributed by atoms with Crippen molar-refractivity contribution in [1.29, 1.82) is 0 Å². The van der Waals surface area contributed by atoms with Gasteiger partial charge in [-0.25, -0.2) is 4.98 Å². The molecule has 0 amide bonds. The summed E-state index contributed by atoms with van der Waals surface area (Å²) in [6.07, 6.45) is 8.98. The summed E-state index contributed by atoms with van der Waals surface area (Å²) in [6.45, 7) is 4.30. The fourth-order valence-corrected chi connectivity index (χ4v) is 3.55. The molecule has 0 spiro atoms. The topological polar surface area (TPSA) is 29.9 Å². The lowest BCUT2D eigenvalue weighted by atomic mass is 9.83. The van der Waals surface area contributed by atoms with Crippen molar-refractivity contribution in [3.05, 3.63) is 30.6 Å². The molecule has 1 N–H and O–H groups in total. The van der Waals surface area contributed by atoms with Gasteiger partial charge in [0.1, 0.15) is 0 Å². The standard InChI is InChI=1S/C17H25N3/c1-2-18-16(14-8-4-3-5-9-14)12-20-13-19-15-10-6-7-11-17(15)20/h6-7,10-11,13-14,16,18H,2-5,8-9,12H2,1H3. The van der Waals surface area contributed by atoms with E-state index in [0.29, 0.717) is 6.04 Å². The molecule has 3 nitrogen and oxygen atoms in total. The van der Waals surface area contributed by atoms with Crippen LogP contribution in [-0.2, 0) is 6.54 Å². The molecule has 0 aliphatic heterocycles. The van der Waals surface area contributed by atoms with Crippen LogP contribution in [0.4, 0.5) is 0 Å². The van der Waals surface area contributed by atoms with Crippen molar-refractivity contribution >= 4 is 11.0 Å². The van der Waals surface area contributed by atoms with E-state index in [2.05, 4.69) is 46.1 Å². The first kappa shape index (κ1) is 13.6. The van der Waals surface area contributed by atoms with Gasteiger partial charge >= 0.3 is 0 Å². The second kappa shape index (κ2) is 6.40. The second-order valence-electron chi connectivity index (χ2n) is 5.95. The smallest absolute Gasteiger partial charge is 0.0958 e. The molecule has 1 unspecified atom stereocenters. The molecule has 1 atom stereocenters. The predicted octanol–water partition coefficient (Wildman–Crippen LogP) is 3.59. The van der Waals surface area contributed by atoms with Gasteiger partial charge in [0.2, 0.25) is 0 Å². The molecule has 1 saturated carbocycles. The minimum Gasteiger partial charge on any atom is -0.329 e. The Morgan fingerprint density at radius 2 is 2.05 bits per heavy atom. The Morgan fingerprint density at radius 1 is 1.25 bits per heavy atom. The molecule has 1 fully saturated rings. The molecule has 1 heterocycles. The van der Waals surface area contributed by atoms with Crippen molar-refractivity contribution in [1.82, 2.24) is 14.9 Å². The van der Waals surface area contributed by atoms with Crippen LogP contribution in [0.1, 0.15) is 39.0 Å². The third-order valence-corrected chi connectivity index (χ3v) is 4.61. The van der Waals surface area contributed by atoms with E-state index in [1.54, 1.807) is 0 Å². The van der Waals surface area contributed by atoms with Crippen molar-refractivity contribution in [3.8, 4) is 0 Å². The van der Waals surface area contributed by atoms with E-state index in [4.69, 9.17) is 0 Å². The van der Waals surface area contributed by atoms with Crippen LogP contribution >= 0.6 is 0 Å². The SMILES string of the molecule is CCNC(Cn1cnc2ccccc21)C1CCCCC1. The Bertz CT molecular complexity index is 540. The summed E-state index contributed by atoms with van der Waals surface area (Å²) in [4.78, 5) is 4.51.